The van der Waals surface area contributed by atoms with Crippen LogP contribution < -0.4 is 10.6 Å². The van der Waals surface area contributed by atoms with Gasteiger partial charge >= 0.3 is 0 Å². The van der Waals surface area contributed by atoms with E-state index >= 15 is 0 Å². The summed E-state index contributed by atoms with van der Waals surface area (Å²) in [6.45, 7) is 7.50. The van der Waals surface area contributed by atoms with Crippen molar-refractivity contribution in [1.29, 1.82) is 0 Å². The van der Waals surface area contributed by atoms with E-state index in [0.29, 0.717) is 6.54 Å². The van der Waals surface area contributed by atoms with Gasteiger partial charge in [0.05, 0.1) is 6.54 Å². The summed E-state index contributed by atoms with van der Waals surface area (Å²) in [5.41, 5.74) is -0.344. The smallest absolute Gasteiger partial charge is 0.268 e. The molecule has 0 bridgehead atoms. The maximum absolute atomic E-state index is 12.2. The third kappa shape index (κ3) is 4.01. The van der Waals surface area contributed by atoms with Crippen LogP contribution in [0.5, 0.6) is 0 Å². The standard InChI is InChI=1S/C13H19N3O3/c1-5-14-8(11(18)13(2,3)4)6-9-12(19)15-7-10(17)16-9/h6H,5,7H2,1-4H3,(H,15,19)(H,16,17)/b9-6-,14-8?. The summed E-state index contributed by atoms with van der Waals surface area (Å²) >= 11 is 0. The first-order valence-electron chi connectivity index (χ1n) is 6.14. The lowest BCUT2D eigenvalue weighted by molar-refractivity contribution is -0.127. The monoisotopic (exact) mass is 265 g/mol. The number of hydrogen-bond acceptors (Lipinski definition) is 4. The summed E-state index contributed by atoms with van der Waals surface area (Å²) in [4.78, 5) is 39.1. The number of hydrogen-bond donors (Lipinski definition) is 2. The molecular formula is C13H19N3O3. The van der Waals surface area contributed by atoms with Crippen molar-refractivity contribution in [3.05, 3.63) is 11.8 Å². The number of ketones is 1. The van der Waals surface area contributed by atoms with Crippen LogP contribution in [0.4, 0.5) is 0 Å². The van der Waals surface area contributed by atoms with Crippen molar-refractivity contribution >= 4 is 23.3 Å². The lowest BCUT2D eigenvalue weighted by Crippen LogP contribution is -2.47. The highest BCUT2D eigenvalue weighted by molar-refractivity contribution is 6.46. The number of carbonyl (C=O) groups excluding carboxylic acids is 3. The van der Waals surface area contributed by atoms with Crippen LogP contribution in [0.1, 0.15) is 27.7 Å². The number of carbonyl (C=O) groups is 3. The zero-order valence-corrected chi connectivity index (χ0v) is 11.7. The molecule has 0 spiro atoms. The highest BCUT2D eigenvalue weighted by Gasteiger charge is 2.27. The van der Waals surface area contributed by atoms with Gasteiger partial charge in [0.1, 0.15) is 11.4 Å². The van der Waals surface area contributed by atoms with E-state index in [2.05, 4.69) is 15.6 Å². The average molecular weight is 265 g/mol. The van der Waals surface area contributed by atoms with Crippen LogP contribution in [0.25, 0.3) is 0 Å². The number of nitrogens with one attached hydrogen (secondary N) is 2. The minimum absolute atomic E-state index is 0.0519. The van der Waals surface area contributed by atoms with E-state index in [0.717, 1.165) is 0 Å². The molecule has 0 unspecified atom stereocenters. The third-order valence-electron chi connectivity index (χ3n) is 2.45. The molecular weight excluding hydrogens is 246 g/mol. The Bertz CT molecular complexity index is 470. The first-order valence-corrected chi connectivity index (χ1v) is 6.14. The molecule has 0 radical (unpaired) electrons. The fraction of sp³-hybridized carbons (Fsp3) is 0.538. The molecule has 6 heteroatoms. The molecule has 0 saturated carbocycles. The fourth-order valence-electron chi connectivity index (χ4n) is 1.48. The molecule has 0 aromatic rings. The van der Waals surface area contributed by atoms with E-state index in [4.69, 9.17) is 0 Å². The Morgan fingerprint density at radius 1 is 1.37 bits per heavy atom. The van der Waals surface area contributed by atoms with Crippen LogP contribution in [0, 0.1) is 5.41 Å². The highest BCUT2D eigenvalue weighted by atomic mass is 16.2. The van der Waals surface area contributed by atoms with E-state index in [1.807, 2.05) is 0 Å². The topological polar surface area (TPSA) is 87.6 Å². The summed E-state index contributed by atoms with van der Waals surface area (Å²) in [5, 5.41) is 4.86. The van der Waals surface area contributed by atoms with Crippen LogP contribution in [-0.2, 0) is 14.4 Å². The van der Waals surface area contributed by atoms with Gasteiger partial charge in [0.15, 0.2) is 5.78 Å². The lowest BCUT2D eigenvalue weighted by atomic mass is 9.87. The summed E-state index contributed by atoms with van der Waals surface area (Å²) in [6.07, 6.45) is 1.34. The number of rotatable bonds is 3. The summed E-state index contributed by atoms with van der Waals surface area (Å²) < 4.78 is 0. The predicted octanol–water partition coefficient (Wildman–Crippen LogP) is 0.192. The van der Waals surface area contributed by atoms with E-state index < -0.39 is 11.3 Å². The molecule has 0 atom stereocenters. The van der Waals surface area contributed by atoms with Crippen molar-refractivity contribution in [2.45, 2.75) is 27.7 Å². The van der Waals surface area contributed by atoms with Crippen LogP contribution >= 0.6 is 0 Å². The molecule has 6 nitrogen and oxygen atoms in total. The molecule has 0 aromatic carbocycles. The Balaban J connectivity index is 3.08. The van der Waals surface area contributed by atoms with Gasteiger partial charge in [-0.15, -0.1) is 0 Å². The maximum Gasteiger partial charge on any atom is 0.268 e. The first-order chi connectivity index (χ1) is 8.75. The second-order valence-electron chi connectivity index (χ2n) is 5.23. The van der Waals surface area contributed by atoms with E-state index in [-0.39, 0.29) is 29.6 Å². The molecule has 1 saturated heterocycles. The van der Waals surface area contributed by atoms with Gasteiger partial charge in [0, 0.05) is 12.0 Å². The summed E-state index contributed by atoms with van der Waals surface area (Å²) in [6, 6.07) is 0. The van der Waals surface area contributed by atoms with Crippen molar-refractivity contribution in [3.63, 3.8) is 0 Å². The second kappa shape index (κ2) is 5.77. The quantitative estimate of drug-likeness (QED) is 0.564. The van der Waals surface area contributed by atoms with Crippen molar-refractivity contribution < 1.29 is 14.4 Å². The van der Waals surface area contributed by atoms with Gasteiger partial charge in [-0.05, 0) is 13.0 Å². The lowest BCUT2D eigenvalue weighted by Gasteiger charge is -2.19. The van der Waals surface area contributed by atoms with Crippen LogP contribution in [-0.4, -0.2) is 36.4 Å². The van der Waals surface area contributed by atoms with Crippen LogP contribution in [0.3, 0.4) is 0 Å². The van der Waals surface area contributed by atoms with Crippen LogP contribution in [0.15, 0.2) is 16.8 Å². The Hall–Kier alpha value is -1.98. The van der Waals surface area contributed by atoms with Gasteiger partial charge in [0.2, 0.25) is 5.91 Å². The Morgan fingerprint density at radius 2 is 2.00 bits per heavy atom. The van der Waals surface area contributed by atoms with E-state index in [1.54, 1.807) is 27.7 Å². The minimum Gasteiger partial charge on any atom is -0.342 e. The van der Waals surface area contributed by atoms with Gasteiger partial charge in [-0.2, -0.15) is 0 Å². The van der Waals surface area contributed by atoms with E-state index in [9.17, 15) is 14.4 Å². The maximum atomic E-state index is 12.2. The van der Waals surface area contributed by atoms with Gasteiger partial charge in [-0.1, -0.05) is 20.8 Å². The molecule has 1 fully saturated rings. The van der Waals surface area contributed by atoms with Crippen molar-refractivity contribution in [1.82, 2.24) is 10.6 Å². The number of nitrogens with zero attached hydrogens (tertiary/aromatic N) is 1. The Labute approximate surface area is 112 Å². The minimum atomic E-state index is -0.597. The molecule has 19 heavy (non-hydrogen) atoms. The van der Waals surface area contributed by atoms with Gasteiger partial charge < -0.3 is 10.6 Å². The number of aliphatic imine (C=N–C) groups is 1. The largest absolute Gasteiger partial charge is 0.342 e. The fourth-order valence-corrected chi connectivity index (χ4v) is 1.48. The molecule has 1 heterocycles. The number of Topliss-reactive ketones (excluding diaryl/α,β-unsaturated/α-hetero) is 1. The average Bonchev–Trinajstić information content (AvgIpc) is 2.31. The molecule has 1 aliphatic heterocycles. The molecule has 0 aromatic heterocycles. The molecule has 104 valence electrons. The number of amides is 2. The number of piperazine rings is 1. The zero-order chi connectivity index (χ0) is 14.6. The molecule has 1 aliphatic rings. The van der Waals surface area contributed by atoms with Crippen molar-refractivity contribution in [3.8, 4) is 0 Å². The first kappa shape index (κ1) is 15.1. The van der Waals surface area contributed by atoms with Gasteiger partial charge in [-0.25, -0.2) is 0 Å². The van der Waals surface area contributed by atoms with Crippen molar-refractivity contribution in [2.24, 2.45) is 10.4 Å². The number of allylic oxidation sites excluding steroid dienone is 1. The molecule has 2 N–H and O–H groups in total. The van der Waals surface area contributed by atoms with Crippen molar-refractivity contribution in [2.75, 3.05) is 13.1 Å². The third-order valence-corrected chi connectivity index (χ3v) is 2.45. The van der Waals surface area contributed by atoms with Gasteiger partial charge in [0.25, 0.3) is 5.91 Å². The summed E-state index contributed by atoms with van der Waals surface area (Å²) in [7, 11) is 0. The van der Waals surface area contributed by atoms with Crippen LogP contribution in [0.2, 0.25) is 0 Å². The Morgan fingerprint density at radius 3 is 2.53 bits per heavy atom. The second-order valence-corrected chi connectivity index (χ2v) is 5.23. The predicted molar refractivity (Wildman–Crippen MR) is 71.7 cm³/mol. The van der Waals surface area contributed by atoms with E-state index in [1.165, 1.54) is 6.08 Å². The molecule has 1 rings (SSSR count). The highest BCUT2D eigenvalue weighted by Crippen LogP contribution is 2.16. The summed E-state index contributed by atoms with van der Waals surface area (Å²) in [5.74, 6) is -0.899. The zero-order valence-electron chi connectivity index (χ0n) is 11.7. The molecule has 0 aliphatic carbocycles. The SMILES string of the molecule is CCN=C(/C=C1\NC(=O)CNC1=O)C(=O)C(C)(C)C. The molecule has 2 amide bonds. The normalized spacial score (nSPS) is 19.2. The van der Waals surface area contributed by atoms with Gasteiger partial charge in [-0.3, -0.25) is 19.4 Å². The Kier molecular flexibility index (Phi) is 4.58.